The van der Waals surface area contributed by atoms with Crippen molar-refractivity contribution in [3.8, 4) is 0 Å². The summed E-state index contributed by atoms with van der Waals surface area (Å²) >= 11 is 1.70. The van der Waals surface area contributed by atoms with E-state index in [1.54, 1.807) is 30.9 Å². The van der Waals surface area contributed by atoms with Gasteiger partial charge in [0, 0.05) is 44.7 Å². The van der Waals surface area contributed by atoms with Crippen LogP contribution in [0.15, 0.2) is 34.2 Å². The number of halogens is 2. The minimum Gasteiger partial charge on any atom is -0.356 e. The number of guanidine groups is 1. The molecule has 0 aromatic heterocycles. The second kappa shape index (κ2) is 12.8. The van der Waals surface area contributed by atoms with Gasteiger partial charge in [0.25, 0.3) is 0 Å². The molecule has 10 heteroatoms. The van der Waals surface area contributed by atoms with Crippen LogP contribution in [0.4, 0.5) is 4.39 Å². The standard InChI is InChI=1S/C17H27FN4O2S2.HI/c1-19-17(21-8-9-22-10-13-26(23,24)14-11-22)20-7-2-12-25-16-5-3-15(18)4-6-16;/h3-6H,2,7-14H2,1H3,(H2,19,20,21);1H. The van der Waals surface area contributed by atoms with E-state index in [0.29, 0.717) is 13.1 Å². The van der Waals surface area contributed by atoms with Gasteiger partial charge < -0.3 is 10.6 Å². The van der Waals surface area contributed by atoms with Crippen molar-refractivity contribution in [2.24, 2.45) is 4.99 Å². The van der Waals surface area contributed by atoms with E-state index in [4.69, 9.17) is 0 Å². The van der Waals surface area contributed by atoms with Gasteiger partial charge in [0.2, 0.25) is 0 Å². The molecule has 1 aliphatic heterocycles. The first-order chi connectivity index (χ1) is 12.5. The Labute approximate surface area is 182 Å². The molecule has 0 atom stereocenters. The zero-order valence-electron chi connectivity index (χ0n) is 15.5. The van der Waals surface area contributed by atoms with Crippen molar-refractivity contribution in [3.63, 3.8) is 0 Å². The molecule has 0 aliphatic carbocycles. The topological polar surface area (TPSA) is 73.8 Å². The number of thioether (sulfide) groups is 1. The Hall–Kier alpha value is -0.590. The number of nitrogens with one attached hydrogen (secondary N) is 2. The molecule has 0 amide bonds. The summed E-state index contributed by atoms with van der Waals surface area (Å²) in [4.78, 5) is 7.41. The van der Waals surface area contributed by atoms with E-state index >= 15 is 0 Å². The molecule has 0 saturated carbocycles. The molecule has 0 unspecified atom stereocenters. The summed E-state index contributed by atoms with van der Waals surface area (Å²) < 4.78 is 35.7. The van der Waals surface area contributed by atoms with Crippen LogP contribution in [0.1, 0.15) is 6.42 Å². The number of rotatable bonds is 8. The molecule has 6 nitrogen and oxygen atoms in total. The SMILES string of the molecule is CN=C(NCCCSc1ccc(F)cc1)NCCN1CCS(=O)(=O)CC1.I. The zero-order chi connectivity index (χ0) is 18.8. The van der Waals surface area contributed by atoms with Gasteiger partial charge in [-0.3, -0.25) is 9.89 Å². The molecule has 1 heterocycles. The minimum absolute atomic E-state index is 0. The first kappa shape index (κ1) is 24.4. The van der Waals surface area contributed by atoms with Crippen LogP contribution in [-0.2, 0) is 9.84 Å². The van der Waals surface area contributed by atoms with Crippen LogP contribution in [0.2, 0.25) is 0 Å². The summed E-state index contributed by atoms with van der Waals surface area (Å²) in [5.41, 5.74) is 0. The third kappa shape index (κ3) is 9.95. The number of hydrogen-bond acceptors (Lipinski definition) is 5. The Bertz CT molecular complexity index is 673. The third-order valence-corrected chi connectivity index (χ3v) is 6.78. The molecule has 1 fully saturated rings. The fourth-order valence-electron chi connectivity index (χ4n) is 2.53. The highest BCUT2D eigenvalue weighted by molar-refractivity contribution is 14.0. The van der Waals surface area contributed by atoms with Gasteiger partial charge in [-0.15, -0.1) is 35.7 Å². The normalized spacial score (nSPS) is 17.2. The summed E-state index contributed by atoms with van der Waals surface area (Å²) in [7, 11) is -1.09. The van der Waals surface area contributed by atoms with Crippen LogP contribution in [0.5, 0.6) is 0 Å². The Kier molecular flexibility index (Phi) is 11.6. The summed E-state index contributed by atoms with van der Waals surface area (Å²) in [5, 5.41) is 6.52. The molecule has 154 valence electrons. The molecular formula is C17H28FIN4O2S2. The number of hydrogen-bond donors (Lipinski definition) is 2. The fourth-order valence-corrected chi connectivity index (χ4v) is 4.66. The monoisotopic (exact) mass is 530 g/mol. The fraction of sp³-hybridized carbons (Fsp3) is 0.588. The van der Waals surface area contributed by atoms with Crippen LogP contribution in [0.25, 0.3) is 0 Å². The molecule has 1 aromatic carbocycles. The van der Waals surface area contributed by atoms with E-state index in [1.165, 1.54) is 12.1 Å². The molecule has 1 saturated heterocycles. The van der Waals surface area contributed by atoms with Crippen molar-refractivity contribution >= 4 is 51.5 Å². The van der Waals surface area contributed by atoms with Crippen molar-refractivity contribution in [2.45, 2.75) is 11.3 Å². The van der Waals surface area contributed by atoms with Gasteiger partial charge in [-0.25, -0.2) is 12.8 Å². The number of sulfone groups is 1. The predicted octanol–water partition coefficient (Wildman–Crippen LogP) is 1.82. The third-order valence-electron chi connectivity index (χ3n) is 4.08. The predicted molar refractivity (Wildman–Crippen MR) is 122 cm³/mol. The largest absolute Gasteiger partial charge is 0.356 e. The van der Waals surface area contributed by atoms with Gasteiger partial charge in [-0.1, -0.05) is 0 Å². The van der Waals surface area contributed by atoms with Crippen LogP contribution >= 0.6 is 35.7 Å². The maximum absolute atomic E-state index is 12.8. The van der Waals surface area contributed by atoms with Crippen molar-refractivity contribution in [1.29, 1.82) is 0 Å². The van der Waals surface area contributed by atoms with Crippen LogP contribution in [0, 0.1) is 5.82 Å². The lowest BCUT2D eigenvalue weighted by Crippen LogP contribution is -2.46. The Morgan fingerprint density at radius 2 is 1.81 bits per heavy atom. The second-order valence-corrected chi connectivity index (χ2v) is 9.55. The highest BCUT2D eigenvalue weighted by atomic mass is 127. The van der Waals surface area contributed by atoms with Gasteiger partial charge in [0.15, 0.2) is 15.8 Å². The van der Waals surface area contributed by atoms with Crippen molar-refractivity contribution < 1.29 is 12.8 Å². The van der Waals surface area contributed by atoms with Gasteiger partial charge in [-0.2, -0.15) is 0 Å². The molecule has 27 heavy (non-hydrogen) atoms. The number of nitrogens with zero attached hydrogens (tertiary/aromatic N) is 2. The van der Waals surface area contributed by atoms with Gasteiger partial charge in [0.1, 0.15) is 5.82 Å². The molecular weight excluding hydrogens is 502 g/mol. The van der Waals surface area contributed by atoms with E-state index in [9.17, 15) is 12.8 Å². The Morgan fingerprint density at radius 1 is 1.19 bits per heavy atom. The molecule has 0 radical (unpaired) electrons. The van der Waals surface area contributed by atoms with Crippen molar-refractivity contribution in [3.05, 3.63) is 30.1 Å². The number of aliphatic imine (C=N–C) groups is 1. The van der Waals surface area contributed by atoms with Gasteiger partial charge >= 0.3 is 0 Å². The maximum atomic E-state index is 12.8. The molecule has 0 bridgehead atoms. The summed E-state index contributed by atoms with van der Waals surface area (Å²) in [6.45, 7) is 3.55. The lowest BCUT2D eigenvalue weighted by molar-refractivity contribution is 0.299. The second-order valence-electron chi connectivity index (χ2n) is 6.08. The zero-order valence-corrected chi connectivity index (χ0v) is 19.5. The molecule has 0 spiro atoms. The summed E-state index contributed by atoms with van der Waals surface area (Å²) in [6, 6.07) is 6.54. The number of benzene rings is 1. The van der Waals surface area contributed by atoms with E-state index in [0.717, 1.165) is 42.7 Å². The lowest BCUT2D eigenvalue weighted by Gasteiger charge is -2.26. The smallest absolute Gasteiger partial charge is 0.191 e. The summed E-state index contributed by atoms with van der Waals surface area (Å²) in [6.07, 6.45) is 0.965. The van der Waals surface area contributed by atoms with Gasteiger partial charge in [-0.05, 0) is 36.4 Å². The van der Waals surface area contributed by atoms with E-state index < -0.39 is 9.84 Å². The van der Waals surface area contributed by atoms with E-state index in [2.05, 4.69) is 20.5 Å². The van der Waals surface area contributed by atoms with Crippen molar-refractivity contribution in [2.75, 3.05) is 57.0 Å². The maximum Gasteiger partial charge on any atom is 0.191 e. The minimum atomic E-state index is -2.82. The first-order valence-electron chi connectivity index (χ1n) is 8.74. The van der Waals surface area contributed by atoms with E-state index in [-0.39, 0.29) is 41.3 Å². The molecule has 2 rings (SSSR count). The summed E-state index contributed by atoms with van der Waals surface area (Å²) in [5.74, 6) is 1.99. The lowest BCUT2D eigenvalue weighted by atomic mass is 10.4. The Morgan fingerprint density at radius 3 is 2.44 bits per heavy atom. The van der Waals surface area contributed by atoms with Crippen LogP contribution in [0.3, 0.4) is 0 Å². The first-order valence-corrected chi connectivity index (χ1v) is 11.5. The average Bonchev–Trinajstić information content (AvgIpc) is 2.62. The highest BCUT2D eigenvalue weighted by Crippen LogP contribution is 2.18. The molecule has 1 aliphatic rings. The van der Waals surface area contributed by atoms with Crippen LogP contribution < -0.4 is 10.6 Å². The molecule has 2 N–H and O–H groups in total. The van der Waals surface area contributed by atoms with Gasteiger partial charge in [0.05, 0.1) is 11.5 Å². The van der Waals surface area contributed by atoms with Crippen molar-refractivity contribution in [1.82, 2.24) is 15.5 Å². The Balaban J connectivity index is 0.00000364. The van der Waals surface area contributed by atoms with Crippen LogP contribution in [-0.4, -0.2) is 76.3 Å². The highest BCUT2D eigenvalue weighted by Gasteiger charge is 2.20. The van der Waals surface area contributed by atoms with E-state index in [1.807, 2.05) is 0 Å². The molecule has 1 aromatic rings. The average molecular weight is 530 g/mol. The quantitative estimate of drug-likeness (QED) is 0.176.